The molecule has 9 nitrogen and oxygen atoms in total. The highest BCUT2D eigenvalue weighted by atomic mass is 32.2. The van der Waals surface area contributed by atoms with Crippen molar-refractivity contribution in [1.29, 1.82) is 5.26 Å². The minimum atomic E-state index is -3.86. The Bertz CT molecular complexity index is 1200. The molecule has 1 atom stereocenters. The number of rotatable bonds is 7. The molecule has 1 heterocycles. The molecule has 1 fully saturated rings. The van der Waals surface area contributed by atoms with Gasteiger partial charge in [0, 0.05) is 26.2 Å². The van der Waals surface area contributed by atoms with Crippen LogP contribution in [0.25, 0.3) is 0 Å². The molecular formula is C24H28N4O5S. The van der Waals surface area contributed by atoms with Crippen LogP contribution < -0.4 is 10.1 Å². The summed E-state index contributed by atoms with van der Waals surface area (Å²) in [5.41, 5.74) is 0.412. The summed E-state index contributed by atoms with van der Waals surface area (Å²) in [4.78, 5) is 27.6. The van der Waals surface area contributed by atoms with E-state index in [1.807, 2.05) is 19.9 Å². The number of hydrogen-bond donors (Lipinski definition) is 1. The Morgan fingerprint density at radius 3 is 2.26 bits per heavy atom. The average molecular weight is 485 g/mol. The van der Waals surface area contributed by atoms with Crippen LogP contribution in [0.2, 0.25) is 0 Å². The number of para-hydroxylation sites is 1. The molecule has 0 radical (unpaired) electrons. The van der Waals surface area contributed by atoms with E-state index in [0.717, 1.165) is 0 Å². The first-order valence-electron chi connectivity index (χ1n) is 10.9. The molecule has 0 aliphatic carbocycles. The Morgan fingerprint density at radius 1 is 1.03 bits per heavy atom. The number of piperazine rings is 1. The lowest BCUT2D eigenvalue weighted by Crippen LogP contribution is -2.57. The average Bonchev–Trinajstić information content (AvgIpc) is 2.86. The van der Waals surface area contributed by atoms with E-state index in [2.05, 4.69) is 5.32 Å². The van der Waals surface area contributed by atoms with E-state index in [4.69, 9.17) is 4.74 Å². The van der Waals surface area contributed by atoms with Crippen LogP contribution >= 0.6 is 0 Å². The van der Waals surface area contributed by atoms with Crippen molar-refractivity contribution in [2.24, 2.45) is 5.92 Å². The van der Waals surface area contributed by atoms with Crippen LogP contribution in [0.15, 0.2) is 53.4 Å². The fraction of sp³-hybridized carbons (Fsp3) is 0.375. The minimum Gasteiger partial charge on any atom is -0.496 e. The molecule has 2 amide bonds. The number of amides is 2. The lowest BCUT2D eigenvalue weighted by molar-refractivity contribution is -0.135. The summed E-state index contributed by atoms with van der Waals surface area (Å²) < 4.78 is 32.6. The van der Waals surface area contributed by atoms with Crippen LogP contribution in [0.5, 0.6) is 5.75 Å². The zero-order chi connectivity index (χ0) is 24.9. The van der Waals surface area contributed by atoms with Gasteiger partial charge in [0.05, 0.1) is 23.1 Å². The van der Waals surface area contributed by atoms with Gasteiger partial charge in [0.25, 0.3) is 5.91 Å². The molecule has 1 saturated heterocycles. The first-order chi connectivity index (χ1) is 16.2. The second kappa shape index (κ2) is 10.7. The Labute approximate surface area is 200 Å². The van der Waals surface area contributed by atoms with Gasteiger partial charge in [-0.1, -0.05) is 38.1 Å². The van der Waals surface area contributed by atoms with Gasteiger partial charge in [0.15, 0.2) is 0 Å². The maximum atomic E-state index is 13.3. The van der Waals surface area contributed by atoms with Gasteiger partial charge in [-0.25, -0.2) is 8.42 Å². The highest BCUT2D eigenvalue weighted by Gasteiger charge is 2.35. The van der Waals surface area contributed by atoms with E-state index in [1.165, 1.54) is 23.5 Å². The number of carbonyl (C=O) groups is 2. The number of nitriles is 1. The van der Waals surface area contributed by atoms with Crippen molar-refractivity contribution in [1.82, 2.24) is 14.5 Å². The maximum absolute atomic E-state index is 13.3. The van der Waals surface area contributed by atoms with Crippen LogP contribution in [-0.4, -0.2) is 68.8 Å². The first kappa shape index (κ1) is 25.2. The van der Waals surface area contributed by atoms with Gasteiger partial charge in [-0.3, -0.25) is 9.59 Å². The van der Waals surface area contributed by atoms with Crippen molar-refractivity contribution in [2.75, 3.05) is 33.3 Å². The van der Waals surface area contributed by atoms with Gasteiger partial charge in [0.1, 0.15) is 17.9 Å². The fourth-order valence-corrected chi connectivity index (χ4v) is 5.40. The molecule has 34 heavy (non-hydrogen) atoms. The molecule has 10 heteroatoms. The molecule has 2 aromatic carbocycles. The molecule has 1 N–H and O–H groups in total. The summed E-state index contributed by atoms with van der Waals surface area (Å²) in [6.07, 6.45) is 0. The predicted octanol–water partition coefficient (Wildman–Crippen LogP) is 1.85. The molecule has 0 bridgehead atoms. The van der Waals surface area contributed by atoms with E-state index in [9.17, 15) is 23.3 Å². The first-order valence-corrected chi connectivity index (χ1v) is 12.4. The predicted molar refractivity (Wildman–Crippen MR) is 126 cm³/mol. The lowest BCUT2D eigenvalue weighted by atomic mass is 10.0. The molecule has 3 rings (SSSR count). The highest BCUT2D eigenvalue weighted by Crippen LogP contribution is 2.22. The normalized spacial score (nSPS) is 15.4. The van der Waals surface area contributed by atoms with E-state index in [0.29, 0.717) is 11.3 Å². The van der Waals surface area contributed by atoms with E-state index < -0.39 is 22.0 Å². The summed E-state index contributed by atoms with van der Waals surface area (Å²) in [5.74, 6) is -0.464. The second-order valence-corrected chi connectivity index (χ2v) is 10.1. The standard InChI is InChI=1S/C24H28N4O5S/c1-17(2)22(26-23(29)19-9-5-6-10-20(19)33-3)24(30)27-12-14-28(15-13-27)34(31,32)21-11-7-4-8-18(21)16-25/h4-11,17,22H,12-15H2,1-3H3,(H,26,29)/t22-/m0/s1. The van der Waals surface area contributed by atoms with Crippen LogP contribution in [0, 0.1) is 17.2 Å². The van der Waals surface area contributed by atoms with Crippen molar-refractivity contribution in [2.45, 2.75) is 24.8 Å². The van der Waals surface area contributed by atoms with Crippen molar-refractivity contribution in [3.63, 3.8) is 0 Å². The number of hydrogen-bond acceptors (Lipinski definition) is 6. The number of benzene rings is 2. The summed E-state index contributed by atoms with van der Waals surface area (Å²) in [6.45, 7) is 4.23. The molecule has 0 aromatic heterocycles. The van der Waals surface area contributed by atoms with Crippen molar-refractivity contribution in [3.05, 3.63) is 59.7 Å². The number of nitrogens with zero attached hydrogens (tertiary/aromatic N) is 3. The zero-order valence-electron chi connectivity index (χ0n) is 19.4. The van der Waals surface area contributed by atoms with Gasteiger partial charge < -0.3 is 15.0 Å². The Kier molecular flexibility index (Phi) is 7.91. The van der Waals surface area contributed by atoms with Gasteiger partial charge in [-0.05, 0) is 30.2 Å². The number of sulfonamides is 1. The monoisotopic (exact) mass is 484 g/mol. The van der Waals surface area contributed by atoms with Crippen molar-refractivity contribution < 1.29 is 22.7 Å². The van der Waals surface area contributed by atoms with E-state index in [-0.39, 0.29) is 48.5 Å². The molecule has 1 aliphatic heterocycles. The number of nitrogens with one attached hydrogen (secondary N) is 1. The SMILES string of the molecule is COc1ccccc1C(=O)N[C@H](C(=O)N1CCN(S(=O)(=O)c2ccccc2C#N)CC1)C(C)C. The van der Waals surface area contributed by atoms with Crippen LogP contribution in [0.1, 0.15) is 29.8 Å². The largest absolute Gasteiger partial charge is 0.496 e. The molecule has 1 aliphatic rings. The van der Waals surface area contributed by atoms with Gasteiger partial charge >= 0.3 is 0 Å². The molecule has 0 unspecified atom stereocenters. The van der Waals surface area contributed by atoms with Gasteiger partial charge in [-0.15, -0.1) is 0 Å². The molecule has 2 aromatic rings. The van der Waals surface area contributed by atoms with E-state index in [1.54, 1.807) is 41.3 Å². The maximum Gasteiger partial charge on any atom is 0.255 e. The fourth-order valence-electron chi connectivity index (χ4n) is 3.83. The van der Waals surface area contributed by atoms with E-state index >= 15 is 0 Å². The summed E-state index contributed by atoms with van der Waals surface area (Å²) in [6, 6.07) is 14.0. The third-order valence-corrected chi connectivity index (χ3v) is 7.70. The van der Waals surface area contributed by atoms with Gasteiger partial charge in [0.2, 0.25) is 15.9 Å². The summed E-state index contributed by atoms with van der Waals surface area (Å²) >= 11 is 0. The highest BCUT2D eigenvalue weighted by molar-refractivity contribution is 7.89. The summed E-state index contributed by atoms with van der Waals surface area (Å²) in [5, 5.41) is 12.1. The number of carbonyl (C=O) groups excluding carboxylic acids is 2. The Balaban J connectivity index is 1.70. The Morgan fingerprint density at radius 2 is 1.65 bits per heavy atom. The van der Waals surface area contributed by atoms with Gasteiger partial charge in [-0.2, -0.15) is 9.57 Å². The minimum absolute atomic E-state index is 0.0404. The van der Waals surface area contributed by atoms with Crippen LogP contribution in [-0.2, 0) is 14.8 Å². The molecular weight excluding hydrogens is 456 g/mol. The third kappa shape index (κ3) is 5.21. The topological polar surface area (TPSA) is 120 Å². The number of ether oxygens (including phenoxy) is 1. The van der Waals surface area contributed by atoms with Crippen molar-refractivity contribution in [3.8, 4) is 11.8 Å². The lowest BCUT2D eigenvalue weighted by Gasteiger charge is -2.36. The Hall–Kier alpha value is -3.42. The second-order valence-electron chi connectivity index (χ2n) is 8.23. The smallest absolute Gasteiger partial charge is 0.255 e. The number of methoxy groups -OCH3 is 1. The molecule has 0 spiro atoms. The quantitative estimate of drug-likeness (QED) is 0.641. The zero-order valence-corrected chi connectivity index (χ0v) is 20.2. The van der Waals surface area contributed by atoms with Crippen LogP contribution in [0.3, 0.4) is 0 Å². The molecule has 180 valence electrons. The summed E-state index contributed by atoms with van der Waals surface area (Å²) in [7, 11) is -2.39. The third-order valence-electron chi connectivity index (χ3n) is 5.75. The van der Waals surface area contributed by atoms with Crippen LogP contribution in [0.4, 0.5) is 0 Å². The molecule has 0 saturated carbocycles. The van der Waals surface area contributed by atoms with Crippen molar-refractivity contribution >= 4 is 21.8 Å².